The average molecular weight is 277 g/mol. The first-order valence-corrected chi connectivity index (χ1v) is 6.55. The summed E-state index contributed by atoms with van der Waals surface area (Å²) in [5.74, 6) is 0.678. The van der Waals surface area contributed by atoms with Gasteiger partial charge in [0.25, 0.3) is 0 Å². The Kier molecular flexibility index (Phi) is 6.09. The Bertz CT molecular complexity index is 480. The standard InChI is InChI=1S/C15H23N3O2/c1-4-11(2)14(12-5-7-13(19)8-6-12)15(17)18(3)20-10-9-16/h5-8,19H,2,4,9-10,16-17H2,1,3H3/b15-14+. The van der Waals surface area contributed by atoms with Gasteiger partial charge >= 0.3 is 0 Å². The topological polar surface area (TPSA) is 84.7 Å². The quantitative estimate of drug-likeness (QED) is 0.523. The molecule has 0 aromatic heterocycles. The number of hydrogen-bond acceptors (Lipinski definition) is 5. The molecule has 0 atom stereocenters. The minimum atomic E-state index is 0.210. The summed E-state index contributed by atoms with van der Waals surface area (Å²) in [4.78, 5) is 5.41. The predicted molar refractivity (Wildman–Crippen MR) is 81.4 cm³/mol. The van der Waals surface area contributed by atoms with Crippen LogP contribution < -0.4 is 11.5 Å². The van der Waals surface area contributed by atoms with Crippen molar-refractivity contribution < 1.29 is 9.94 Å². The minimum absolute atomic E-state index is 0.210. The number of nitrogens with zero attached hydrogens (tertiary/aromatic N) is 1. The highest BCUT2D eigenvalue weighted by atomic mass is 16.7. The lowest BCUT2D eigenvalue weighted by Gasteiger charge is -2.23. The van der Waals surface area contributed by atoms with Crippen molar-refractivity contribution in [2.24, 2.45) is 11.5 Å². The van der Waals surface area contributed by atoms with Gasteiger partial charge in [-0.3, -0.25) is 4.84 Å². The van der Waals surface area contributed by atoms with Gasteiger partial charge in [-0.15, -0.1) is 0 Å². The molecule has 0 aliphatic carbocycles. The Morgan fingerprint density at radius 3 is 2.45 bits per heavy atom. The van der Waals surface area contributed by atoms with Crippen LogP contribution in [0, 0.1) is 0 Å². The third-order valence-electron chi connectivity index (χ3n) is 2.93. The fourth-order valence-corrected chi connectivity index (χ4v) is 1.75. The van der Waals surface area contributed by atoms with Crippen molar-refractivity contribution in [1.29, 1.82) is 0 Å². The number of hydrogen-bond donors (Lipinski definition) is 3. The zero-order valence-corrected chi connectivity index (χ0v) is 12.1. The van der Waals surface area contributed by atoms with E-state index in [1.807, 2.05) is 6.92 Å². The van der Waals surface area contributed by atoms with E-state index in [1.165, 1.54) is 5.06 Å². The fraction of sp³-hybridized carbons (Fsp3) is 0.333. The van der Waals surface area contributed by atoms with Crippen LogP contribution in [0.1, 0.15) is 18.9 Å². The SMILES string of the molecule is C=C(CC)/C(=C(/N)N(C)OCCN)c1ccc(O)cc1. The van der Waals surface area contributed by atoms with E-state index in [-0.39, 0.29) is 5.75 Å². The molecule has 0 saturated carbocycles. The largest absolute Gasteiger partial charge is 0.508 e. The van der Waals surface area contributed by atoms with Crippen LogP contribution in [0.25, 0.3) is 5.57 Å². The second-order valence-corrected chi connectivity index (χ2v) is 4.38. The molecule has 0 aliphatic rings. The zero-order valence-electron chi connectivity index (χ0n) is 12.1. The lowest BCUT2D eigenvalue weighted by molar-refractivity contribution is -0.108. The van der Waals surface area contributed by atoms with E-state index >= 15 is 0 Å². The fourth-order valence-electron chi connectivity index (χ4n) is 1.75. The van der Waals surface area contributed by atoms with E-state index in [2.05, 4.69) is 6.58 Å². The molecule has 0 heterocycles. The van der Waals surface area contributed by atoms with Crippen molar-refractivity contribution >= 4 is 5.57 Å². The number of benzene rings is 1. The third-order valence-corrected chi connectivity index (χ3v) is 2.93. The third kappa shape index (κ3) is 4.01. The van der Waals surface area contributed by atoms with Crippen LogP contribution in [0.15, 0.2) is 42.2 Å². The molecule has 5 N–H and O–H groups in total. The predicted octanol–water partition coefficient (Wildman–Crippen LogP) is 1.81. The van der Waals surface area contributed by atoms with E-state index in [4.69, 9.17) is 16.3 Å². The Morgan fingerprint density at radius 2 is 1.95 bits per heavy atom. The van der Waals surface area contributed by atoms with Gasteiger partial charge in [-0.2, -0.15) is 0 Å². The molecule has 0 unspecified atom stereocenters. The first-order valence-electron chi connectivity index (χ1n) is 6.55. The highest BCUT2D eigenvalue weighted by Crippen LogP contribution is 2.28. The van der Waals surface area contributed by atoms with Crippen molar-refractivity contribution in [3.63, 3.8) is 0 Å². The van der Waals surface area contributed by atoms with Gasteiger partial charge in [0.2, 0.25) is 0 Å². The highest BCUT2D eigenvalue weighted by Gasteiger charge is 2.13. The maximum atomic E-state index is 9.38. The summed E-state index contributed by atoms with van der Waals surface area (Å²) in [6, 6.07) is 6.84. The monoisotopic (exact) mass is 277 g/mol. The number of allylic oxidation sites excluding steroid dienone is 2. The number of aromatic hydroxyl groups is 1. The molecule has 1 aromatic carbocycles. The Hall–Kier alpha value is -1.98. The summed E-state index contributed by atoms with van der Waals surface area (Å²) >= 11 is 0. The minimum Gasteiger partial charge on any atom is -0.508 e. The molecule has 110 valence electrons. The summed E-state index contributed by atoms with van der Waals surface area (Å²) in [6.07, 6.45) is 0.766. The second-order valence-electron chi connectivity index (χ2n) is 4.38. The molecule has 0 aliphatic heterocycles. The smallest absolute Gasteiger partial charge is 0.131 e. The van der Waals surface area contributed by atoms with Crippen molar-refractivity contribution in [2.45, 2.75) is 13.3 Å². The average Bonchev–Trinajstić information content (AvgIpc) is 2.46. The van der Waals surface area contributed by atoms with Crippen LogP contribution in [0.4, 0.5) is 0 Å². The van der Waals surface area contributed by atoms with Crippen LogP contribution >= 0.6 is 0 Å². The molecular formula is C15H23N3O2. The van der Waals surface area contributed by atoms with E-state index in [9.17, 15) is 5.11 Å². The maximum Gasteiger partial charge on any atom is 0.131 e. The summed E-state index contributed by atoms with van der Waals surface area (Å²) in [6.45, 7) is 6.86. The molecule has 5 heteroatoms. The molecule has 0 radical (unpaired) electrons. The van der Waals surface area contributed by atoms with Gasteiger partial charge in [0, 0.05) is 19.2 Å². The van der Waals surface area contributed by atoms with E-state index in [1.54, 1.807) is 31.3 Å². The van der Waals surface area contributed by atoms with Crippen LogP contribution in [0.3, 0.4) is 0 Å². The van der Waals surface area contributed by atoms with Crippen LogP contribution in [0.5, 0.6) is 5.75 Å². The van der Waals surface area contributed by atoms with Crippen molar-refractivity contribution in [2.75, 3.05) is 20.2 Å². The van der Waals surface area contributed by atoms with Gasteiger partial charge in [0.05, 0.1) is 6.61 Å². The second kappa shape index (κ2) is 7.57. The normalized spacial score (nSPS) is 11.9. The number of phenolic OH excluding ortho intramolecular Hbond substituents is 1. The van der Waals surface area contributed by atoms with Gasteiger partial charge in [0.15, 0.2) is 0 Å². The van der Waals surface area contributed by atoms with Gasteiger partial charge < -0.3 is 16.6 Å². The van der Waals surface area contributed by atoms with Crippen LogP contribution in [-0.4, -0.2) is 30.4 Å². The Morgan fingerprint density at radius 1 is 1.35 bits per heavy atom. The van der Waals surface area contributed by atoms with Gasteiger partial charge in [-0.05, 0) is 29.7 Å². The molecule has 0 fully saturated rings. The molecule has 0 bridgehead atoms. The molecule has 0 spiro atoms. The lowest BCUT2D eigenvalue weighted by atomic mass is 9.97. The lowest BCUT2D eigenvalue weighted by Crippen LogP contribution is -2.28. The Labute approximate surface area is 120 Å². The van der Waals surface area contributed by atoms with E-state index < -0.39 is 0 Å². The summed E-state index contributed by atoms with van der Waals surface area (Å²) in [5, 5.41) is 10.9. The molecule has 20 heavy (non-hydrogen) atoms. The Balaban J connectivity index is 3.17. The summed E-state index contributed by atoms with van der Waals surface area (Å²) < 4.78 is 0. The van der Waals surface area contributed by atoms with E-state index in [0.717, 1.165) is 23.1 Å². The van der Waals surface area contributed by atoms with Crippen LogP contribution in [-0.2, 0) is 4.84 Å². The van der Waals surface area contributed by atoms with Crippen molar-refractivity contribution in [3.05, 3.63) is 47.8 Å². The molecular weight excluding hydrogens is 254 g/mol. The number of hydroxylamine groups is 2. The molecule has 1 aromatic rings. The number of phenols is 1. The zero-order chi connectivity index (χ0) is 15.1. The molecule has 0 amide bonds. The highest BCUT2D eigenvalue weighted by molar-refractivity contribution is 5.80. The van der Waals surface area contributed by atoms with E-state index in [0.29, 0.717) is 19.0 Å². The molecule has 1 rings (SSSR count). The molecule has 0 saturated heterocycles. The number of nitrogens with two attached hydrogens (primary N) is 2. The van der Waals surface area contributed by atoms with Crippen molar-refractivity contribution in [1.82, 2.24) is 5.06 Å². The van der Waals surface area contributed by atoms with Gasteiger partial charge in [-0.1, -0.05) is 25.6 Å². The maximum absolute atomic E-state index is 9.38. The summed E-state index contributed by atoms with van der Waals surface area (Å²) in [7, 11) is 1.73. The first-order chi connectivity index (χ1) is 9.51. The van der Waals surface area contributed by atoms with Crippen molar-refractivity contribution in [3.8, 4) is 5.75 Å². The van der Waals surface area contributed by atoms with Gasteiger partial charge in [0.1, 0.15) is 11.6 Å². The van der Waals surface area contributed by atoms with Gasteiger partial charge in [-0.25, -0.2) is 5.06 Å². The van der Waals surface area contributed by atoms with Crippen LogP contribution in [0.2, 0.25) is 0 Å². The number of rotatable bonds is 7. The summed E-state index contributed by atoms with van der Waals surface area (Å²) in [5.41, 5.74) is 14.2. The molecule has 5 nitrogen and oxygen atoms in total. The first kappa shape index (κ1) is 16.1.